The van der Waals surface area contributed by atoms with Gasteiger partial charge in [0.2, 0.25) is 0 Å². The van der Waals surface area contributed by atoms with Gasteiger partial charge in [-0.25, -0.2) is 0 Å². The van der Waals surface area contributed by atoms with E-state index in [0.717, 1.165) is 43.7 Å². The maximum atomic E-state index is 9.45. The van der Waals surface area contributed by atoms with Crippen LogP contribution in [0.5, 0.6) is 0 Å². The third kappa shape index (κ3) is 12.5. The number of hydrogen-bond donors (Lipinski definition) is 6. The third-order valence-electron chi connectivity index (χ3n) is 12.9. The Labute approximate surface area is 405 Å². The van der Waals surface area contributed by atoms with E-state index in [2.05, 4.69) is 119 Å². The second-order valence-corrected chi connectivity index (χ2v) is 17.9. The molecule has 2 unspecified atom stereocenters. The van der Waals surface area contributed by atoms with Crippen molar-refractivity contribution >= 4 is 46.0 Å². The van der Waals surface area contributed by atoms with Crippen LogP contribution in [0, 0.1) is 0 Å². The van der Waals surface area contributed by atoms with Crippen LogP contribution < -0.4 is 19.6 Å². The lowest BCUT2D eigenvalue weighted by Gasteiger charge is -2.32. The van der Waals surface area contributed by atoms with Crippen molar-refractivity contribution in [1.82, 2.24) is 0 Å². The monoisotopic (exact) mass is 946 g/mol. The van der Waals surface area contributed by atoms with Crippen LogP contribution in [0.2, 0.25) is 10.0 Å². The number of fused-ring (bicyclic) bond motifs is 2. The molecule has 6 aromatic carbocycles. The van der Waals surface area contributed by atoms with E-state index in [-0.39, 0.29) is 51.5 Å². The van der Waals surface area contributed by atoms with Gasteiger partial charge in [-0.3, -0.25) is 0 Å². The van der Waals surface area contributed by atoms with E-state index >= 15 is 0 Å². The summed E-state index contributed by atoms with van der Waals surface area (Å²) in [5, 5.41) is 57.7. The summed E-state index contributed by atoms with van der Waals surface area (Å²) in [6, 6.07) is 46.2. The zero-order valence-corrected chi connectivity index (χ0v) is 39.6. The van der Waals surface area contributed by atoms with Gasteiger partial charge in [0, 0.05) is 97.0 Å². The Morgan fingerprint density at radius 3 is 1.12 bits per heavy atom. The fourth-order valence-electron chi connectivity index (χ4n) is 9.69. The van der Waals surface area contributed by atoms with E-state index in [4.69, 9.17) is 23.2 Å². The molecule has 67 heavy (non-hydrogen) atoms. The SMILES string of the molecule is OCCN(CCO)c1ccc(C(c2ccc(Cl)cc2)c2ccc3c(c2)CCCN3CCO)cc1.OCCN(CCO)c1ccc(C(c2ccc(Cl)cc2)c2ccc3c(c2)CCN3CCO)cc1. The Balaban J connectivity index is 0.000000199. The molecule has 10 nitrogen and oxygen atoms in total. The maximum Gasteiger partial charge on any atom is 0.0606 e. The van der Waals surface area contributed by atoms with Gasteiger partial charge in [0.1, 0.15) is 0 Å². The summed E-state index contributed by atoms with van der Waals surface area (Å²) < 4.78 is 0. The molecule has 0 fully saturated rings. The Bertz CT molecular complexity index is 2430. The Morgan fingerprint density at radius 2 is 0.746 bits per heavy atom. The first-order valence-corrected chi connectivity index (χ1v) is 24.2. The number of halogens is 2. The Kier molecular flexibility index (Phi) is 18.4. The predicted molar refractivity (Wildman–Crippen MR) is 274 cm³/mol. The molecular weight excluding hydrogens is 884 g/mol. The predicted octanol–water partition coefficient (Wildman–Crippen LogP) is 7.72. The van der Waals surface area contributed by atoms with Gasteiger partial charge >= 0.3 is 0 Å². The number of aryl methyl sites for hydroxylation is 1. The van der Waals surface area contributed by atoms with Crippen LogP contribution in [0.25, 0.3) is 0 Å². The lowest BCUT2D eigenvalue weighted by Crippen LogP contribution is -2.32. The van der Waals surface area contributed by atoms with Crippen LogP contribution in [0.4, 0.5) is 22.7 Å². The number of rotatable bonds is 20. The summed E-state index contributed by atoms with van der Waals surface area (Å²) in [5.41, 5.74) is 14.1. The molecular formula is C55H64Cl2N4O6. The first-order chi connectivity index (χ1) is 32.8. The lowest BCUT2D eigenvalue weighted by atomic mass is 9.83. The molecule has 12 heteroatoms. The molecule has 2 atom stereocenters. The van der Waals surface area contributed by atoms with E-state index in [9.17, 15) is 30.6 Å². The molecule has 0 aliphatic carbocycles. The van der Waals surface area contributed by atoms with Gasteiger partial charge in [-0.15, -0.1) is 0 Å². The first-order valence-electron chi connectivity index (χ1n) is 23.4. The molecule has 6 aromatic rings. The second kappa shape index (κ2) is 24.8. The number of nitrogens with zero attached hydrogens (tertiary/aromatic N) is 4. The summed E-state index contributed by atoms with van der Waals surface area (Å²) in [4.78, 5) is 8.47. The number of hydrogen-bond acceptors (Lipinski definition) is 10. The maximum absolute atomic E-state index is 9.45. The first kappa shape index (κ1) is 49.8. The van der Waals surface area contributed by atoms with Crippen molar-refractivity contribution in [2.45, 2.75) is 31.1 Å². The van der Waals surface area contributed by atoms with Crippen molar-refractivity contribution < 1.29 is 30.6 Å². The zero-order chi connectivity index (χ0) is 47.1. The molecule has 354 valence electrons. The minimum absolute atomic E-state index is 0.0393. The van der Waals surface area contributed by atoms with Gasteiger partial charge in [0.15, 0.2) is 0 Å². The van der Waals surface area contributed by atoms with Crippen molar-refractivity contribution in [1.29, 1.82) is 0 Å². The summed E-state index contributed by atoms with van der Waals surface area (Å²) in [5.74, 6) is 0.103. The van der Waals surface area contributed by atoms with E-state index in [1.165, 1.54) is 55.9 Å². The number of aliphatic hydroxyl groups excluding tert-OH is 6. The van der Waals surface area contributed by atoms with E-state index in [1.807, 2.05) is 34.1 Å². The lowest BCUT2D eigenvalue weighted by molar-refractivity contribution is 0.280. The normalized spacial score (nSPS) is 13.9. The van der Waals surface area contributed by atoms with Crippen molar-refractivity contribution in [2.75, 3.05) is 112 Å². The summed E-state index contributed by atoms with van der Waals surface area (Å²) >= 11 is 12.4. The molecule has 2 aliphatic heterocycles. The van der Waals surface area contributed by atoms with Crippen LogP contribution in [0.1, 0.15) is 62.8 Å². The van der Waals surface area contributed by atoms with Crippen molar-refractivity contribution in [3.05, 3.63) is 188 Å². The molecule has 0 spiro atoms. The topological polar surface area (TPSA) is 134 Å². The van der Waals surface area contributed by atoms with Gasteiger partial charge < -0.3 is 50.2 Å². The summed E-state index contributed by atoms with van der Waals surface area (Å²) in [6.07, 6.45) is 3.10. The van der Waals surface area contributed by atoms with Crippen LogP contribution in [0.3, 0.4) is 0 Å². The average molecular weight is 948 g/mol. The van der Waals surface area contributed by atoms with E-state index < -0.39 is 0 Å². The summed E-state index contributed by atoms with van der Waals surface area (Å²) in [6.45, 7) is 5.63. The molecule has 2 aliphatic rings. The standard InChI is InChI=1S/C28H33ClN2O3.C27H31ClN2O3/c29-25-8-3-21(4-9-25)28(22-5-10-26(11-6-22)30(14-17-32)15-18-33)24-7-12-27-23(20-24)2-1-13-31(27)16-19-34;28-24-6-1-20(2-7-24)27(21-3-8-25(9-4-21)29(13-16-31)14-17-32)23-5-10-26-22(19-23)11-12-30(26)15-18-33/h3-12,20,28,32-34H,1-2,13-19H2;1-10,19,27,31-33H,11-18H2. The number of anilines is 4. The minimum Gasteiger partial charge on any atom is -0.395 e. The quantitative estimate of drug-likeness (QED) is 0.0423. The molecule has 0 amide bonds. The van der Waals surface area contributed by atoms with Gasteiger partial charge in [-0.1, -0.05) is 96.0 Å². The molecule has 8 rings (SSSR count). The molecule has 2 heterocycles. The largest absolute Gasteiger partial charge is 0.395 e. The highest BCUT2D eigenvalue weighted by atomic mass is 35.5. The molecule has 0 saturated carbocycles. The fourth-order valence-corrected chi connectivity index (χ4v) is 9.95. The van der Waals surface area contributed by atoms with Crippen molar-refractivity contribution in [3.63, 3.8) is 0 Å². The van der Waals surface area contributed by atoms with E-state index in [0.29, 0.717) is 49.3 Å². The molecule has 0 saturated heterocycles. The van der Waals surface area contributed by atoms with Gasteiger partial charge in [0.25, 0.3) is 0 Å². The van der Waals surface area contributed by atoms with Crippen molar-refractivity contribution in [3.8, 4) is 0 Å². The third-order valence-corrected chi connectivity index (χ3v) is 13.4. The molecule has 6 N–H and O–H groups in total. The highest BCUT2D eigenvalue weighted by Gasteiger charge is 2.25. The summed E-state index contributed by atoms with van der Waals surface area (Å²) in [7, 11) is 0. The molecule has 0 aromatic heterocycles. The highest BCUT2D eigenvalue weighted by Crippen LogP contribution is 2.39. The Hall–Kier alpha value is -5.14. The van der Waals surface area contributed by atoms with E-state index in [1.54, 1.807) is 0 Å². The van der Waals surface area contributed by atoms with Crippen LogP contribution in [-0.2, 0) is 12.8 Å². The van der Waals surface area contributed by atoms with Crippen LogP contribution in [-0.4, -0.2) is 123 Å². The fraction of sp³-hybridized carbons (Fsp3) is 0.345. The number of benzene rings is 6. The number of aliphatic hydroxyl groups is 6. The number of β-amino-alcohol motifs (C(OH)–C–C–N with tert-alkyl or cyclic N) is 2. The van der Waals surface area contributed by atoms with Crippen LogP contribution in [0.15, 0.2) is 133 Å². The van der Waals surface area contributed by atoms with Crippen molar-refractivity contribution in [2.24, 2.45) is 0 Å². The zero-order valence-electron chi connectivity index (χ0n) is 38.1. The minimum atomic E-state index is 0.0393. The highest BCUT2D eigenvalue weighted by molar-refractivity contribution is 6.30. The van der Waals surface area contributed by atoms with Gasteiger partial charge in [0.05, 0.1) is 39.6 Å². The van der Waals surface area contributed by atoms with Gasteiger partial charge in [-0.05, 0) is 124 Å². The smallest absolute Gasteiger partial charge is 0.0606 e. The van der Waals surface area contributed by atoms with Gasteiger partial charge in [-0.2, -0.15) is 0 Å². The second-order valence-electron chi connectivity index (χ2n) is 17.1. The van der Waals surface area contributed by atoms with Crippen LogP contribution >= 0.6 is 23.2 Å². The Morgan fingerprint density at radius 1 is 0.403 bits per heavy atom. The molecule has 0 bridgehead atoms. The average Bonchev–Trinajstić information content (AvgIpc) is 3.75. The molecule has 0 radical (unpaired) electrons.